The van der Waals surface area contributed by atoms with E-state index in [9.17, 15) is 21.6 Å². The molecular formula is C23H30N2O5S2. The van der Waals surface area contributed by atoms with E-state index < -0.39 is 19.9 Å². The molecule has 1 fully saturated rings. The number of nitrogens with zero attached hydrogens (tertiary/aromatic N) is 1. The van der Waals surface area contributed by atoms with Crippen LogP contribution in [0.5, 0.6) is 0 Å². The molecule has 32 heavy (non-hydrogen) atoms. The van der Waals surface area contributed by atoms with Crippen LogP contribution in [-0.2, 0) is 30.4 Å². The van der Waals surface area contributed by atoms with Gasteiger partial charge < -0.3 is 5.32 Å². The Morgan fingerprint density at radius 1 is 1.03 bits per heavy atom. The first-order valence-electron chi connectivity index (χ1n) is 10.6. The lowest BCUT2D eigenvalue weighted by Gasteiger charge is -2.31. The highest BCUT2D eigenvalue weighted by Gasteiger charge is 2.31. The summed E-state index contributed by atoms with van der Waals surface area (Å²) >= 11 is 0. The van der Waals surface area contributed by atoms with Crippen molar-refractivity contribution in [2.45, 2.75) is 43.4 Å². The van der Waals surface area contributed by atoms with E-state index in [4.69, 9.17) is 0 Å². The van der Waals surface area contributed by atoms with Crippen LogP contribution in [0.15, 0.2) is 53.4 Å². The Morgan fingerprint density at radius 3 is 2.19 bits per heavy atom. The maximum absolute atomic E-state index is 12.8. The number of hydrogen-bond acceptors (Lipinski definition) is 5. The summed E-state index contributed by atoms with van der Waals surface area (Å²) in [6, 6.07) is 13.6. The lowest BCUT2D eigenvalue weighted by molar-refractivity contribution is -0.126. The highest BCUT2D eigenvalue weighted by molar-refractivity contribution is 7.90. The lowest BCUT2D eigenvalue weighted by atomic mass is 9.96. The van der Waals surface area contributed by atoms with E-state index in [0.29, 0.717) is 25.9 Å². The standard InChI is InChI=1S/C23H30N2O5S2/c1-17-6-4-5-7-21(17)16-32(29,30)25-14-12-20(13-15-25)23(26)24-18(2)19-8-10-22(11-9-19)31(3,27)28/h4-11,18,20H,12-16H2,1-3H3,(H,24,26)/t18-/m1/s1. The van der Waals surface area contributed by atoms with Crippen molar-refractivity contribution in [2.75, 3.05) is 19.3 Å². The van der Waals surface area contributed by atoms with Gasteiger partial charge in [-0.15, -0.1) is 0 Å². The quantitative estimate of drug-likeness (QED) is 0.660. The van der Waals surface area contributed by atoms with Gasteiger partial charge in [-0.2, -0.15) is 0 Å². The molecule has 1 aliphatic heterocycles. The molecule has 2 aromatic rings. The fraction of sp³-hybridized carbons (Fsp3) is 0.435. The topological polar surface area (TPSA) is 101 Å². The van der Waals surface area contributed by atoms with E-state index in [1.165, 1.54) is 16.4 Å². The number of sulfone groups is 1. The molecule has 0 aromatic heterocycles. The van der Waals surface area contributed by atoms with E-state index in [1.54, 1.807) is 12.1 Å². The second-order valence-electron chi connectivity index (χ2n) is 8.43. The zero-order valence-corrected chi connectivity index (χ0v) is 20.2. The predicted molar refractivity (Wildman–Crippen MR) is 124 cm³/mol. The van der Waals surface area contributed by atoms with Crippen LogP contribution in [0.2, 0.25) is 0 Å². The van der Waals surface area contributed by atoms with E-state index >= 15 is 0 Å². The molecule has 3 rings (SSSR count). The Labute approximate surface area is 190 Å². The lowest BCUT2D eigenvalue weighted by Crippen LogP contribution is -2.43. The number of carbonyl (C=O) groups excluding carboxylic acids is 1. The van der Waals surface area contributed by atoms with Crippen LogP contribution in [0, 0.1) is 12.8 Å². The first kappa shape index (κ1) is 24.4. The number of benzene rings is 2. The average molecular weight is 479 g/mol. The number of amides is 1. The zero-order chi connectivity index (χ0) is 23.5. The van der Waals surface area contributed by atoms with Gasteiger partial charge in [-0.3, -0.25) is 4.79 Å². The molecule has 0 unspecified atom stereocenters. The Bertz CT molecular complexity index is 1170. The average Bonchev–Trinajstić information content (AvgIpc) is 2.75. The number of rotatable bonds is 7. The minimum Gasteiger partial charge on any atom is -0.349 e. The second kappa shape index (κ2) is 9.72. The van der Waals surface area contributed by atoms with Gasteiger partial charge in [0.25, 0.3) is 0 Å². The Balaban J connectivity index is 1.55. The molecule has 0 radical (unpaired) electrons. The number of sulfonamides is 1. The second-order valence-corrected chi connectivity index (χ2v) is 12.4. The molecule has 1 saturated heterocycles. The third-order valence-electron chi connectivity index (χ3n) is 5.98. The monoisotopic (exact) mass is 478 g/mol. The molecule has 1 amide bonds. The molecule has 1 heterocycles. The van der Waals surface area contributed by atoms with Crippen molar-refractivity contribution in [2.24, 2.45) is 5.92 Å². The third kappa shape index (κ3) is 5.96. The smallest absolute Gasteiger partial charge is 0.223 e. The first-order valence-corrected chi connectivity index (χ1v) is 14.1. The molecular weight excluding hydrogens is 448 g/mol. The van der Waals surface area contributed by atoms with Crippen molar-refractivity contribution in [1.82, 2.24) is 9.62 Å². The van der Waals surface area contributed by atoms with Gasteiger partial charge in [-0.1, -0.05) is 36.4 Å². The molecule has 1 N–H and O–H groups in total. The van der Waals surface area contributed by atoms with Crippen LogP contribution >= 0.6 is 0 Å². The van der Waals surface area contributed by atoms with Crippen molar-refractivity contribution in [3.05, 3.63) is 65.2 Å². The normalized spacial score (nSPS) is 17.1. The van der Waals surface area contributed by atoms with Gasteiger partial charge >= 0.3 is 0 Å². The predicted octanol–water partition coefficient (Wildman–Crippen LogP) is 2.82. The van der Waals surface area contributed by atoms with Crippen LogP contribution in [-0.4, -0.2) is 46.4 Å². The van der Waals surface area contributed by atoms with Gasteiger partial charge in [0.15, 0.2) is 9.84 Å². The zero-order valence-electron chi connectivity index (χ0n) is 18.6. The number of hydrogen-bond donors (Lipinski definition) is 1. The minimum atomic E-state index is -3.44. The molecule has 1 aliphatic rings. The van der Waals surface area contributed by atoms with Crippen molar-refractivity contribution < 1.29 is 21.6 Å². The number of nitrogens with one attached hydrogen (secondary N) is 1. The highest BCUT2D eigenvalue weighted by Crippen LogP contribution is 2.24. The maximum Gasteiger partial charge on any atom is 0.223 e. The minimum absolute atomic E-state index is 0.0307. The molecule has 0 spiro atoms. The summed E-state index contributed by atoms with van der Waals surface area (Å²) < 4.78 is 50.3. The number of carbonyl (C=O) groups is 1. The third-order valence-corrected chi connectivity index (χ3v) is 8.94. The number of aryl methyl sites for hydroxylation is 1. The molecule has 0 bridgehead atoms. The fourth-order valence-electron chi connectivity index (χ4n) is 3.87. The van der Waals surface area contributed by atoms with Gasteiger partial charge in [0.05, 0.1) is 16.7 Å². The summed E-state index contributed by atoms with van der Waals surface area (Å²) in [6.45, 7) is 4.39. The largest absolute Gasteiger partial charge is 0.349 e. The van der Waals surface area contributed by atoms with Crippen LogP contribution in [0.4, 0.5) is 0 Å². The van der Waals surface area contributed by atoms with Crippen LogP contribution < -0.4 is 5.32 Å². The Morgan fingerprint density at radius 2 is 1.62 bits per heavy atom. The van der Waals surface area contributed by atoms with E-state index in [-0.39, 0.29) is 28.5 Å². The van der Waals surface area contributed by atoms with Crippen molar-refractivity contribution in [3.8, 4) is 0 Å². The van der Waals surface area contributed by atoms with Gasteiger partial charge in [0.2, 0.25) is 15.9 Å². The molecule has 0 aliphatic carbocycles. The van der Waals surface area contributed by atoms with Gasteiger partial charge in [0, 0.05) is 25.3 Å². The molecule has 1 atom stereocenters. The molecule has 7 nitrogen and oxygen atoms in total. The van der Waals surface area contributed by atoms with Gasteiger partial charge in [0.1, 0.15) is 0 Å². The summed E-state index contributed by atoms with van der Waals surface area (Å²) in [5.74, 6) is -0.393. The maximum atomic E-state index is 12.8. The summed E-state index contributed by atoms with van der Waals surface area (Å²) in [5, 5.41) is 2.97. The highest BCUT2D eigenvalue weighted by atomic mass is 32.2. The molecule has 0 saturated carbocycles. The fourth-order valence-corrected chi connectivity index (χ4v) is 6.17. The van der Waals surface area contributed by atoms with Gasteiger partial charge in [-0.05, 0) is 55.5 Å². The number of piperidine rings is 1. The van der Waals surface area contributed by atoms with Crippen LogP contribution in [0.25, 0.3) is 0 Å². The van der Waals surface area contributed by atoms with Crippen LogP contribution in [0.1, 0.15) is 42.5 Å². The van der Waals surface area contributed by atoms with Crippen LogP contribution in [0.3, 0.4) is 0 Å². The summed E-state index contributed by atoms with van der Waals surface area (Å²) in [6.07, 6.45) is 2.10. The molecule has 2 aromatic carbocycles. The van der Waals surface area contributed by atoms with E-state index in [1.807, 2.05) is 38.1 Å². The first-order chi connectivity index (χ1) is 15.0. The Kier molecular flexibility index (Phi) is 7.42. The molecule has 174 valence electrons. The van der Waals surface area contributed by atoms with Crippen molar-refractivity contribution >= 4 is 25.8 Å². The SMILES string of the molecule is Cc1ccccc1CS(=O)(=O)N1CCC(C(=O)N[C@H](C)c2ccc(S(C)(=O)=O)cc2)CC1. The summed E-state index contributed by atoms with van der Waals surface area (Å²) in [7, 11) is -6.70. The van der Waals surface area contributed by atoms with E-state index in [2.05, 4.69) is 5.32 Å². The van der Waals surface area contributed by atoms with Gasteiger partial charge in [-0.25, -0.2) is 21.1 Å². The van der Waals surface area contributed by atoms with Crippen molar-refractivity contribution in [1.29, 1.82) is 0 Å². The Hall–Kier alpha value is -2.23. The summed E-state index contributed by atoms with van der Waals surface area (Å²) in [4.78, 5) is 13.0. The van der Waals surface area contributed by atoms with E-state index in [0.717, 1.165) is 22.9 Å². The summed E-state index contributed by atoms with van der Waals surface area (Å²) in [5.41, 5.74) is 2.55. The van der Waals surface area contributed by atoms with Crippen molar-refractivity contribution in [3.63, 3.8) is 0 Å². The molecule has 9 heteroatoms.